The fraction of sp³-hybridized carbons (Fsp3) is 0.0833. The predicted octanol–water partition coefficient (Wildman–Crippen LogP) is 1.32. The van der Waals surface area contributed by atoms with Crippen molar-refractivity contribution in [1.29, 1.82) is 0 Å². The number of methoxy groups -OCH3 is 1. The molecule has 0 aliphatic rings. The van der Waals surface area contributed by atoms with Crippen LogP contribution in [-0.4, -0.2) is 23.0 Å². The van der Waals surface area contributed by atoms with Crippen LogP contribution < -0.4 is 15.8 Å². The monoisotopic (exact) mass is 244 g/mol. The molecular weight excluding hydrogens is 232 g/mol. The molecule has 0 fully saturated rings. The van der Waals surface area contributed by atoms with Crippen LogP contribution in [0.1, 0.15) is 10.4 Å². The van der Waals surface area contributed by atoms with Gasteiger partial charge in [0.25, 0.3) is 5.91 Å². The Hall–Kier alpha value is -2.63. The van der Waals surface area contributed by atoms with Gasteiger partial charge in [-0.25, -0.2) is 9.97 Å². The van der Waals surface area contributed by atoms with E-state index in [1.807, 2.05) is 0 Å². The number of aromatic nitrogens is 2. The first-order valence-corrected chi connectivity index (χ1v) is 5.20. The van der Waals surface area contributed by atoms with Crippen molar-refractivity contribution in [2.45, 2.75) is 0 Å². The third kappa shape index (κ3) is 2.54. The largest absolute Gasteiger partial charge is 0.497 e. The van der Waals surface area contributed by atoms with Crippen LogP contribution in [0.2, 0.25) is 0 Å². The Kier molecular flexibility index (Phi) is 3.38. The molecule has 0 aliphatic carbocycles. The molecule has 0 bridgehead atoms. The van der Waals surface area contributed by atoms with Gasteiger partial charge in [-0.1, -0.05) is 0 Å². The van der Waals surface area contributed by atoms with Gasteiger partial charge in [0.1, 0.15) is 12.1 Å². The van der Waals surface area contributed by atoms with E-state index in [1.165, 1.54) is 18.7 Å². The summed E-state index contributed by atoms with van der Waals surface area (Å²) in [5.41, 5.74) is 7.11. The van der Waals surface area contributed by atoms with Crippen LogP contribution in [0, 0.1) is 0 Å². The van der Waals surface area contributed by atoms with Crippen molar-refractivity contribution >= 4 is 17.3 Å². The number of nitrogens with two attached hydrogens (primary N) is 1. The van der Waals surface area contributed by atoms with Gasteiger partial charge in [-0.05, 0) is 12.1 Å². The van der Waals surface area contributed by atoms with Gasteiger partial charge < -0.3 is 15.8 Å². The summed E-state index contributed by atoms with van der Waals surface area (Å²) >= 11 is 0. The lowest BCUT2D eigenvalue weighted by Gasteiger charge is -2.09. The number of amides is 1. The van der Waals surface area contributed by atoms with Crippen LogP contribution in [0.5, 0.6) is 5.75 Å². The minimum Gasteiger partial charge on any atom is -0.497 e. The van der Waals surface area contributed by atoms with Gasteiger partial charge in [0, 0.05) is 18.5 Å². The number of carbonyl (C=O) groups excluding carboxylic acids is 1. The highest BCUT2D eigenvalue weighted by Crippen LogP contribution is 2.24. The first kappa shape index (κ1) is 11.8. The van der Waals surface area contributed by atoms with Crippen LogP contribution in [-0.2, 0) is 0 Å². The molecule has 0 atom stereocenters. The molecule has 6 heteroatoms. The van der Waals surface area contributed by atoms with Crippen molar-refractivity contribution in [3.05, 3.63) is 42.5 Å². The topological polar surface area (TPSA) is 90.1 Å². The van der Waals surface area contributed by atoms with Gasteiger partial charge in [-0.2, -0.15) is 0 Å². The molecule has 1 heterocycles. The van der Waals surface area contributed by atoms with Gasteiger partial charge in [-0.3, -0.25) is 4.79 Å². The molecular formula is C12H12N4O2. The summed E-state index contributed by atoms with van der Waals surface area (Å²) in [5, 5.41) is 2.68. The zero-order chi connectivity index (χ0) is 13.0. The maximum Gasteiger partial charge on any atom is 0.258 e. The summed E-state index contributed by atoms with van der Waals surface area (Å²) in [6.45, 7) is 0. The summed E-state index contributed by atoms with van der Waals surface area (Å²) < 4.78 is 5.03. The van der Waals surface area contributed by atoms with E-state index in [9.17, 15) is 4.79 Å². The summed E-state index contributed by atoms with van der Waals surface area (Å²) in [4.78, 5) is 19.4. The molecule has 2 rings (SSSR count). The van der Waals surface area contributed by atoms with Crippen LogP contribution in [0.3, 0.4) is 0 Å². The maximum atomic E-state index is 11.8. The molecule has 0 saturated heterocycles. The third-order valence-corrected chi connectivity index (χ3v) is 2.33. The van der Waals surface area contributed by atoms with Crippen molar-refractivity contribution in [3.63, 3.8) is 0 Å². The van der Waals surface area contributed by atoms with Crippen molar-refractivity contribution in [2.75, 3.05) is 18.2 Å². The number of ether oxygens (including phenoxy) is 1. The van der Waals surface area contributed by atoms with Gasteiger partial charge in [0.2, 0.25) is 0 Å². The van der Waals surface area contributed by atoms with Crippen LogP contribution >= 0.6 is 0 Å². The lowest BCUT2D eigenvalue weighted by Crippen LogP contribution is -2.13. The second-order valence-electron chi connectivity index (χ2n) is 3.53. The molecule has 18 heavy (non-hydrogen) atoms. The SMILES string of the molecule is COc1ccc(NC(=O)c2cncnc2)c(N)c1. The molecule has 0 aliphatic heterocycles. The third-order valence-electron chi connectivity index (χ3n) is 2.33. The molecule has 6 nitrogen and oxygen atoms in total. The Morgan fingerprint density at radius 3 is 2.67 bits per heavy atom. The van der Waals surface area contributed by atoms with E-state index in [-0.39, 0.29) is 5.91 Å². The highest BCUT2D eigenvalue weighted by atomic mass is 16.5. The highest BCUT2D eigenvalue weighted by Gasteiger charge is 2.08. The molecule has 0 unspecified atom stereocenters. The molecule has 1 amide bonds. The van der Waals surface area contributed by atoms with Gasteiger partial charge in [0.05, 0.1) is 24.0 Å². The number of rotatable bonds is 3. The number of nitrogens with zero attached hydrogens (tertiary/aromatic N) is 2. The second kappa shape index (κ2) is 5.13. The Morgan fingerprint density at radius 1 is 1.33 bits per heavy atom. The van der Waals surface area contributed by atoms with E-state index in [0.717, 1.165) is 0 Å². The van der Waals surface area contributed by atoms with E-state index in [4.69, 9.17) is 10.5 Å². The maximum absolute atomic E-state index is 11.8. The number of anilines is 2. The average molecular weight is 244 g/mol. The Balaban J connectivity index is 2.17. The number of carbonyl (C=O) groups is 1. The quantitative estimate of drug-likeness (QED) is 0.795. The fourth-order valence-electron chi connectivity index (χ4n) is 1.39. The van der Waals surface area contributed by atoms with Gasteiger partial charge in [-0.15, -0.1) is 0 Å². The van der Waals surface area contributed by atoms with Crippen molar-refractivity contribution in [2.24, 2.45) is 0 Å². The van der Waals surface area contributed by atoms with Crippen LogP contribution in [0.15, 0.2) is 36.9 Å². The molecule has 0 radical (unpaired) electrons. The smallest absolute Gasteiger partial charge is 0.258 e. The summed E-state index contributed by atoms with van der Waals surface area (Å²) in [6.07, 6.45) is 4.22. The van der Waals surface area contributed by atoms with E-state index in [0.29, 0.717) is 22.7 Å². The molecule has 0 spiro atoms. The lowest BCUT2D eigenvalue weighted by atomic mass is 10.2. The van der Waals surface area contributed by atoms with E-state index >= 15 is 0 Å². The molecule has 1 aromatic carbocycles. The highest BCUT2D eigenvalue weighted by molar-refractivity contribution is 6.05. The number of hydrogen-bond acceptors (Lipinski definition) is 5. The molecule has 3 N–H and O–H groups in total. The molecule has 0 saturated carbocycles. The first-order chi connectivity index (χ1) is 8.70. The van der Waals surface area contributed by atoms with Crippen molar-refractivity contribution in [1.82, 2.24) is 9.97 Å². The minimum absolute atomic E-state index is 0.313. The first-order valence-electron chi connectivity index (χ1n) is 5.20. The summed E-state index contributed by atoms with van der Waals surface area (Å²) in [7, 11) is 1.55. The number of benzene rings is 1. The average Bonchev–Trinajstić information content (AvgIpc) is 2.42. The van der Waals surface area contributed by atoms with Crippen molar-refractivity contribution < 1.29 is 9.53 Å². The normalized spacial score (nSPS) is 9.83. The second-order valence-corrected chi connectivity index (χ2v) is 3.53. The number of nitrogens with one attached hydrogen (secondary N) is 1. The number of hydrogen-bond donors (Lipinski definition) is 2. The van der Waals surface area contributed by atoms with Gasteiger partial charge >= 0.3 is 0 Å². The van der Waals surface area contributed by atoms with Crippen molar-refractivity contribution in [3.8, 4) is 5.75 Å². The molecule has 2 aromatic rings. The minimum atomic E-state index is -0.313. The zero-order valence-corrected chi connectivity index (χ0v) is 9.75. The fourth-order valence-corrected chi connectivity index (χ4v) is 1.39. The van der Waals surface area contributed by atoms with Crippen LogP contribution in [0.25, 0.3) is 0 Å². The Morgan fingerprint density at radius 2 is 2.06 bits per heavy atom. The number of nitrogen functional groups attached to an aromatic ring is 1. The zero-order valence-electron chi connectivity index (χ0n) is 9.75. The molecule has 1 aromatic heterocycles. The summed E-state index contributed by atoms with van der Waals surface area (Å²) in [6, 6.07) is 5.03. The summed E-state index contributed by atoms with van der Waals surface area (Å²) in [5.74, 6) is 0.320. The Labute approximate surface area is 104 Å². The standard InChI is InChI=1S/C12H12N4O2/c1-18-9-2-3-11(10(13)4-9)16-12(17)8-5-14-7-15-6-8/h2-7H,13H2,1H3,(H,16,17). The van der Waals surface area contributed by atoms with Gasteiger partial charge in [0.15, 0.2) is 0 Å². The van der Waals surface area contributed by atoms with E-state index in [1.54, 1.807) is 25.3 Å². The van der Waals surface area contributed by atoms with Crippen LogP contribution in [0.4, 0.5) is 11.4 Å². The van der Waals surface area contributed by atoms with E-state index in [2.05, 4.69) is 15.3 Å². The lowest BCUT2D eigenvalue weighted by molar-refractivity contribution is 0.102. The Bertz CT molecular complexity index is 557. The predicted molar refractivity (Wildman–Crippen MR) is 67.4 cm³/mol. The van der Waals surface area contributed by atoms with E-state index < -0.39 is 0 Å². The molecule has 92 valence electrons.